The molecular formula is C10H7ClF2O2. The van der Waals surface area contributed by atoms with Crippen LogP contribution >= 0.6 is 11.6 Å². The average molecular weight is 233 g/mol. The zero-order valence-electron chi connectivity index (χ0n) is 7.72. The fourth-order valence-corrected chi connectivity index (χ4v) is 1.16. The Balaban J connectivity index is 3.32. The van der Waals surface area contributed by atoms with Crippen LogP contribution in [0.4, 0.5) is 8.78 Å². The predicted molar refractivity (Wildman–Crippen MR) is 52.7 cm³/mol. The first-order valence-corrected chi connectivity index (χ1v) is 4.36. The molecule has 15 heavy (non-hydrogen) atoms. The first kappa shape index (κ1) is 11.7. The first-order chi connectivity index (χ1) is 6.93. The van der Waals surface area contributed by atoms with Gasteiger partial charge in [0.15, 0.2) is 0 Å². The highest BCUT2D eigenvalue weighted by Gasteiger charge is 2.11. The normalized spacial score (nSPS) is 11.6. The number of rotatable bonds is 2. The number of hydrogen-bond donors (Lipinski definition) is 1. The fraction of sp³-hybridized carbons (Fsp3) is 0.100. The lowest BCUT2D eigenvalue weighted by atomic mass is 10.1. The minimum atomic E-state index is -1.21. The molecule has 0 spiro atoms. The van der Waals surface area contributed by atoms with Crippen LogP contribution in [0.3, 0.4) is 0 Å². The maximum absolute atomic E-state index is 13.2. The summed E-state index contributed by atoms with van der Waals surface area (Å²) >= 11 is 5.49. The Bertz CT molecular complexity index is 441. The van der Waals surface area contributed by atoms with E-state index in [2.05, 4.69) is 0 Å². The summed E-state index contributed by atoms with van der Waals surface area (Å²) in [5, 5.41) is 8.15. The van der Waals surface area contributed by atoms with Gasteiger partial charge < -0.3 is 5.11 Å². The molecule has 0 bridgehead atoms. The standard InChI is InChI=1S/C10H7ClF2O2/c1-5(10(14)15)4-6-7(12)2-3-8(13)9(6)11/h2-4H,1H3,(H,14,15)/b5-4+. The van der Waals surface area contributed by atoms with Crippen molar-refractivity contribution in [2.45, 2.75) is 6.92 Å². The molecule has 0 aliphatic heterocycles. The lowest BCUT2D eigenvalue weighted by molar-refractivity contribution is -0.132. The minimum absolute atomic E-state index is 0.124. The third-order valence-electron chi connectivity index (χ3n) is 1.78. The molecule has 0 aromatic heterocycles. The Kier molecular flexibility index (Phi) is 3.42. The summed E-state index contributed by atoms with van der Waals surface area (Å²) in [6, 6.07) is 1.77. The highest BCUT2D eigenvalue weighted by molar-refractivity contribution is 6.32. The number of carboxylic acid groups (broad SMARTS) is 1. The number of benzene rings is 1. The summed E-state index contributed by atoms with van der Waals surface area (Å²) in [5.74, 6) is -2.76. The maximum Gasteiger partial charge on any atom is 0.331 e. The van der Waals surface area contributed by atoms with Gasteiger partial charge in [-0.15, -0.1) is 0 Å². The van der Waals surface area contributed by atoms with Crippen LogP contribution in [-0.4, -0.2) is 11.1 Å². The summed E-state index contributed by atoms with van der Waals surface area (Å²) in [6.45, 7) is 1.27. The van der Waals surface area contributed by atoms with Gasteiger partial charge in [-0.1, -0.05) is 11.6 Å². The Morgan fingerprint density at radius 3 is 2.47 bits per heavy atom. The van der Waals surface area contributed by atoms with Gasteiger partial charge in [0.1, 0.15) is 11.6 Å². The molecule has 0 heterocycles. The number of aliphatic carboxylic acids is 1. The number of carboxylic acids is 1. The summed E-state index contributed by atoms with van der Waals surface area (Å²) in [5.41, 5.74) is -0.377. The van der Waals surface area contributed by atoms with Crippen molar-refractivity contribution >= 4 is 23.6 Å². The van der Waals surface area contributed by atoms with E-state index >= 15 is 0 Å². The van der Waals surface area contributed by atoms with Crippen molar-refractivity contribution in [2.24, 2.45) is 0 Å². The summed E-state index contributed by atoms with van der Waals surface area (Å²) < 4.78 is 26.1. The summed E-state index contributed by atoms with van der Waals surface area (Å²) in [6.07, 6.45) is 0.989. The molecule has 0 fully saturated rings. The first-order valence-electron chi connectivity index (χ1n) is 3.98. The van der Waals surface area contributed by atoms with Crippen LogP contribution < -0.4 is 0 Å². The van der Waals surface area contributed by atoms with Crippen molar-refractivity contribution < 1.29 is 18.7 Å². The van der Waals surface area contributed by atoms with E-state index in [0.717, 1.165) is 18.2 Å². The van der Waals surface area contributed by atoms with E-state index in [1.165, 1.54) is 6.92 Å². The molecule has 1 aromatic carbocycles. The second kappa shape index (κ2) is 4.40. The number of carbonyl (C=O) groups is 1. The molecule has 1 aromatic rings. The molecule has 1 rings (SSSR count). The van der Waals surface area contributed by atoms with E-state index in [1.807, 2.05) is 0 Å². The van der Waals surface area contributed by atoms with Gasteiger partial charge >= 0.3 is 5.97 Å². The van der Waals surface area contributed by atoms with E-state index in [-0.39, 0.29) is 11.1 Å². The number of halogens is 3. The van der Waals surface area contributed by atoms with Crippen LogP contribution in [0.1, 0.15) is 12.5 Å². The monoisotopic (exact) mass is 232 g/mol. The predicted octanol–water partition coefficient (Wildman–Crippen LogP) is 3.11. The largest absolute Gasteiger partial charge is 0.478 e. The van der Waals surface area contributed by atoms with Crippen molar-refractivity contribution in [3.8, 4) is 0 Å². The molecule has 0 aliphatic rings. The van der Waals surface area contributed by atoms with E-state index in [4.69, 9.17) is 16.7 Å². The Hall–Kier alpha value is -1.42. The van der Waals surface area contributed by atoms with Gasteiger partial charge in [-0.25, -0.2) is 13.6 Å². The molecule has 2 nitrogen and oxygen atoms in total. The average Bonchev–Trinajstić information content (AvgIpc) is 2.18. The highest BCUT2D eigenvalue weighted by atomic mass is 35.5. The van der Waals surface area contributed by atoms with Gasteiger partial charge in [-0.2, -0.15) is 0 Å². The second-order valence-electron chi connectivity index (χ2n) is 2.89. The Labute approximate surface area is 89.8 Å². The molecule has 80 valence electrons. The third-order valence-corrected chi connectivity index (χ3v) is 2.16. The van der Waals surface area contributed by atoms with Crippen LogP contribution in [0.15, 0.2) is 17.7 Å². The summed E-state index contributed by atoms with van der Waals surface area (Å²) in [7, 11) is 0. The quantitative estimate of drug-likeness (QED) is 0.628. The lowest BCUT2D eigenvalue weighted by Crippen LogP contribution is -1.97. The van der Waals surface area contributed by atoms with Gasteiger partial charge in [0.25, 0.3) is 0 Å². The topological polar surface area (TPSA) is 37.3 Å². The molecule has 0 radical (unpaired) electrons. The van der Waals surface area contributed by atoms with Crippen molar-refractivity contribution in [1.29, 1.82) is 0 Å². The van der Waals surface area contributed by atoms with E-state index in [0.29, 0.717) is 0 Å². The van der Waals surface area contributed by atoms with Crippen LogP contribution in [0.5, 0.6) is 0 Å². The maximum atomic E-state index is 13.2. The van der Waals surface area contributed by atoms with E-state index in [1.54, 1.807) is 0 Å². The van der Waals surface area contributed by atoms with Crippen molar-refractivity contribution in [2.75, 3.05) is 0 Å². The van der Waals surface area contributed by atoms with Crippen molar-refractivity contribution in [1.82, 2.24) is 0 Å². The molecule has 0 atom stereocenters. The molecule has 0 saturated carbocycles. The Morgan fingerprint density at radius 1 is 1.40 bits per heavy atom. The van der Waals surface area contributed by atoms with Gasteiger partial charge in [0, 0.05) is 11.1 Å². The molecule has 0 aliphatic carbocycles. The fourth-order valence-electron chi connectivity index (χ4n) is 0.953. The van der Waals surface area contributed by atoms with Gasteiger partial charge in [-0.05, 0) is 25.1 Å². The van der Waals surface area contributed by atoms with Gasteiger partial charge in [0.2, 0.25) is 0 Å². The molecule has 5 heteroatoms. The van der Waals surface area contributed by atoms with Crippen LogP contribution in [0.25, 0.3) is 6.08 Å². The second-order valence-corrected chi connectivity index (χ2v) is 3.27. The van der Waals surface area contributed by atoms with E-state index in [9.17, 15) is 13.6 Å². The molecule has 0 amide bonds. The molecular weight excluding hydrogens is 226 g/mol. The third kappa shape index (κ3) is 2.53. The molecule has 0 unspecified atom stereocenters. The molecule has 1 N–H and O–H groups in total. The van der Waals surface area contributed by atoms with Crippen LogP contribution in [0, 0.1) is 11.6 Å². The summed E-state index contributed by atoms with van der Waals surface area (Å²) in [4.78, 5) is 10.5. The smallest absolute Gasteiger partial charge is 0.331 e. The SMILES string of the molecule is C/C(=C\c1c(F)ccc(F)c1Cl)C(=O)O. The van der Waals surface area contributed by atoms with Crippen LogP contribution in [0.2, 0.25) is 5.02 Å². The highest BCUT2D eigenvalue weighted by Crippen LogP contribution is 2.25. The van der Waals surface area contributed by atoms with Crippen molar-refractivity contribution in [3.63, 3.8) is 0 Å². The minimum Gasteiger partial charge on any atom is -0.478 e. The van der Waals surface area contributed by atoms with Crippen LogP contribution in [-0.2, 0) is 4.79 Å². The number of hydrogen-bond acceptors (Lipinski definition) is 1. The zero-order chi connectivity index (χ0) is 11.6. The zero-order valence-corrected chi connectivity index (χ0v) is 8.48. The van der Waals surface area contributed by atoms with Crippen molar-refractivity contribution in [3.05, 3.63) is 39.9 Å². The lowest BCUT2D eigenvalue weighted by Gasteiger charge is -2.02. The van der Waals surface area contributed by atoms with Gasteiger partial charge in [0.05, 0.1) is 5.02 Å². The molecule has 0 saturated heterocycles. The Morgan fingerprint density at radius 2 is 1.93 bits per heavy atom. The van der Waals surface area contributed by atoms with E-state index < -0.39 is 22.6 Å². The van der Waals surface area contributed by atoms with Gasteiger partial charge in [-0.3, -0.25) is 0 Å².